The van der Waals surface area contributed by atoms with Crippen LogP contribution in [0.15, 0.2) is 52.1 Å². The first-order valence-corrected chi connectivity index (χ1v) is 9.42. The van der Waals surface area contributed by atoms with E-state index >= 15 is 0 Å². The molecule has 1 aromatic heterocycles. The number of rotatable bonds is 1. The monoisotopic (exact) mass is 331 g/mol. The van der Waals surface area contributed by atoms with Crippen LogP contribution in [0.2, 0.25) is 0 Å². The molecule has 2 aromatic rings. The van der Waals surface area contributed by atoms with Gasteiger partial charge >= 0.3 is 11.4 Å². The smallest absolute Gasteiger partial charge is 0.245 e. The van der Waals surface area contributed by atoms with Crippen molar-refractivity contribution in [2.45, 2.75) is 24.9 Å². The molecule has 2 spiro atoms. The molecule has 9 rings (SSSR count). The van der Waals surface area contributed by atoms with E-state index in [-0.39, 0.29) is 34.3 Å². The van der Waals surface area contributed by atoms with Gasteiger partial charge in [0.25, 0.3) is 0 Å². The van der Waals surface area contributed by atoms with E-state index in [2.05, 4.69) is 12.2 Å². The second-order valence-electron chi connectivity index (χ2n) is 8.99. The predicted molar refractivity (Wildman–Crippen MR) is 89.6 cm³/mol. The Labute approximate surface area is 143 Å². The highest BCUT2D eigenvalue weighted by Gasteiger charge is 3.02. The van der Waals surface area contributed by atoms with E-state index in [9.17, 15) is 9.59 Å². The molecule has 8 atom stereocenters. The number of allylic oxidation sites excluding steroid dienone is 2. The third-order valence-electron chi connectivity index (χ3n) is 8.88. The molecule has 2 bridgehead atoms. The Morgan fingerprint density at radius 3 is 1.92 bits per heavy atom. The fourth-order valence-corrected chi connectivity index (χ4v) is 8.62. The molecule has 5 heteroatoms. The van der Waals surface area contributed by atoms with Crippen molar-refractivity contribution in [2.24, 2.45) is 34.5 Å². The van der Waals surface area contributed by atoms with Gasteiger partial charge in [0.1, 0.15) is 0 Å². The molecule has 0 saturated heterocycles. The SMILES string of the molecule is O=c1n(-c2ccccc2)c(=O)n2n1[C@H]1[C@H]3C4C5[C@@]16CC=CC[C@]56[C@@H]2[C@@H]43. The van der Waals surface area contributed by atoms with Crippen LogP contribution in [0.5, 0.6) is 0 Å². The van der Waals surface area contributed by atoms with Crippen molar-refractivity contribution in [3.63, 3.8) is 0 Å². The largest absolute Gasteiger partial charge is 0.352 e. The molecular formula is C20H17N3O2. The summed E-state index contributed by atoms with van der Waals surface area (Å²) >= 11 is 0. The van der Waals surface area contributed by atoms with Crippen LogP contribution in [0.25, 0.3) is 5.69 Å². The Kier molecular flexibility index (Phi) is 1.51. The average Bonchev–Trinajstić information content (AvgIpc) is 3.41. The Balaban J connectivity index is 1.48. The molecule has 0 amide bonds. The number of hydrogen-bond donors (Lipinski definition) is 0. The summed E-state index contributed by atoms with van der Waals surface area (Å²) in [5, 5.41) is 0. The maximum absolute atomic E-state index is 13.3. The summed E-state index contributed by atoms with van der Waals surface area (Å²) in [6.45, 7) is 0. The van der Waals surface area contributed by atoms with Crippen molar-refractivity contribution < 1.29 is 0 Å². The minimum Gasteiger partial charge on any atom is -0.245 e. The first kappa shape index (κ1) is 12.1. The van der Waals surface area contributed by atoms with Crippen molar-refractivity contribution in [1.82, 2.24) is 13.9 Å². The highest BCUT2D eigenvalue weighted by atomic mass is 16.2. The van der Waals surface area contributed by atoms with Gasteiger partial charge < -0.3 is 0 Å². The summed E-state index contributed by atoms with van der Waals surface area (Å²) in [4.78, 5) is 26.6. The second kappa shape index (κ2) is 3.11. The van der Waals surface area contributed by atoms with Gasteiger partial charge in [-0.05, 0) is 48.6 Å². The highest BCUT2D eigenvalue weighted by Crippen LogP contribution is 3.04. The standard InChI is InChI=1S/C20H17N3O2/c24-17-21(10-6-2-1-3-7-10)18(25)23-16-13-11-12(13)15(22(17)23)19-8-4-5-9-20(16,19)14(11)19/h1-7,11-16H,8-9H2/t11?,12-,13-,14?,15-,16-,19-,20+/m0/s1. The van der Waals surface area contributed by atoms with Gasteiger partial charge in [0.15, 0.2) is 0 Å². The van der Waals surface area contributed by atoms with Gasteiger partial charge in [-0.25, -0.2) is 23.5 Å². The quantitative estimate of drug-likeness (QED) is 0.748. The third-order valence-corrected chi connectivity index (χ3v) is 8.88. The normalized spacial score (nSPS) is 50.6. The lowest BCUT2D eigenvalue weighted by molar-refractivity contribution is -0.00147. The van der Waals surface area contributed by atoms with Crippen molar-refractivity contribution in [3.05, 3.63) is 63.5 Å². The molecule has 2 unspecified atom stereocenters. The van der Waals surface area contributed by atoms with E-state index in [4.69, 9.17) is 0 Å². The van der Waals surface area contributed by atoms with Crippen molar-refractivity contribution in [2.75, 3.05) is 0 Å². The summed E-state index contributed by atoms with van der Waals surface area (Å²) in [5.41, 5.74) is 1.02. The Morgan fingerprint density at radius 2 is 1.36 bits per heavy atom. The molecule has 7 aliphatic rings. The number of para-hydroxylation sites is 1. The summed E-state index contributed by atoms with van der Waals surface area (Å²) in [6.07, 6.45) is 6.88. The van der Waals surface area contributed by atoms with Gasteiger partial charge in [0.05, 0.1) is 17.8 Å². The van der Waals surface area contributed by atoms with Crippen LogP contribution in [0, 0.1) is 34.5 Å². The fraction of sp³-hybridized carbons (Fsp3) is 0.500. The van der Waals surface area contributed by atoms with Gasteiger partial charge in [0.2, 0.25) is 0 Å². The topological polar surface area (TPSA) is 48.9 Å². The first-order valence-electron chi connectivity index (χ1n) is 9.42. The Bertz CT molecular complexity index is 1090. The van der Waals surface area contributed by atoms with E-state index in [1.54, 1.807) is 0 Å². The van der Waals surface area contributed by atoms with Crippen molar-refractivity contribution in [3.8, 4) is 5.69 Å². The number of benzene rings is 1. The molecule has 5 aliphatic carbocycles. The van der Waals surface area contributed by atoms with Gasteiger partial charge in [-0.15, -0.1) is 0 Å². The molecule has 25 heavy (non-hydrogen) atoms. The molecule has 124 valence electrons. The van der Waals surface area contributed by atoms with Gasteiger partial charge in [-0.2, -0.15) is 0 Å². The van der Waals surface area contributed by atoms with E-state index in [1.165, 1.54) is 4.57 Å². The highest BCUT2D eigenvalue weighted by molar-refractivity contribution is 5.51. The van der Waals surface area contributed by atoms with Gasteiger partial charge in [-0.1, -0.05) is 30.4 Å². The predicted octanol–water partition coefficient (Wildman–Crippen LogP) is 1.74. The fourth-order valence-electron chi connectivity index (χ4n) is 8.62. The van der Waals surface area contributed by atoms with Crippen molar-refractivity contribution in [1.29, 1.82) is 0 Å². The van der Waals surface area contributed by atoms with Crippen LogP contribution in [0.4, 0.5) is 0 Å². The lowest BCUT2D eigenvalue weighted by Gasteiger charge is -2.49. The summed E-state index contributed by atoms with van der Waals surface area (Å²) in [7, 11) is 0. The molecule has 0 N–H and O–H groups in total. The maximum Gasteiger partial charge on any atom is 0.352 e. The van der Waals surface area contributed by atoms with Crippen LogP contribution in [-0.2, 0) is 0 Å². The van der Waals surface area contributed by atoms with Crippen molar-refractivity contribution >= 4 is 0 Å². The Hall–Kier alpha value is -2.30. The number of aromatic nitrogens is 3. The molecule has 1 aromatic carbocycles. The minimum atomic E-state index is -0.125. The zero-order chi connectivity index (χ0) is 16.3. The van der Waals surface area contributed by atoms with Crippen LogP contribution in [-0.4, -0.2) is 13.9 Å². The van der Waals surface area contributed by atoms with Gasteiger partial charge in [0, 0.05) is 10.8 Å². The molecule has 0 radical (unpaired) electrons. The second-order valence-corrected chi connectivity index (χ2v) is 8.99. The first-order chi connectivity index (χ1) is 12.2. The van der Waals surface area contributed by atoms with Crippen LogP contribution in [0.1, 0.15) is 24.9 Å². The number of nitrogens with zero attached hydrogens (tertiary/aromatic N) is 3. The molecule has 3 heterocycles. The van der Waals surface area contributed by atoms with E-state index < -0.39 is 0 Å². The lowest BCUT2D eigenvalue weighted by Crippen LogP contribution is -2.53. The zero-order valence-corrected chi connectivity index (χ0v) is 13.6. The summed E-state index contributed by atoms with van der Waals surface area (Å²) in [6, 6.07) is 9.91. The number of hydrogen-bond acceptors (Lipinski definition) is 2. The third kappa shape index (κ3) is 0.847. The lowest BCUT2D eigenvalue weighted by atomic mass is 9.67. The van der Waals surface area contributed by atoms with E-state index in [1.807, 2.05) is 39.7 Å². The minimum absolute atomic E-state index is 0.125. The summed E-state index contributed by atoms with van der Waals surface area (Å²) < 4.78 is 5.19. The van der Waals surface area contributed by atoms with Crippen LogP contribution >= 0.6 is 0 Å². The average molecular weight is 331 g/mol. The zero-order valence-electron chi connectivity index (χ0n) is 13.6. The maximum atomic E-state index is 13.3. The van der Waals surface area contributed by atoms with E-state index in [0.29, 0.717) is 17.5 Å². The molecule has 5 nitrogen and oxygen atoms in total. The van der Waals surface area contributed by atoms with Gasteiger partial charge in [-0.3, -0.25) is 0 Å². The van der Waals surface area contributed by atoms with Crippen LogP contribution in [0.3, 0.4) is 0 Å². The molecule has 4 saturated carbocycles. The Morgan fingerprint density at radius 1 is 0.800 bits per heavy atom. The molecule has 2 aliphatic heterocycles. The molecule has 4 fully saturated rings. The van der Waals surface area contributed by atoms with Crippen LogP contribution < -0.4 is 11.4 Å². The summed E-state index contributed by atoms with van der Waals surface area (Å²) in [5.74, 6) is 2.86. The van der Waals surface area contributed by atoms with E-state index in [0.717, 1.165) is 24.7 Å². The molecular weight excluding hydrogens is 314 g/mol.